The Hall–Kier alpha value is -2.27. The number of carbonyl (C=O) groups is 4. The predicted molar refractivity (Wildman–Crippen MR) is 186 cm³/mol. The first kappa shape index (κ1) is 38.0. The third kappa shape index (κ3) is 6.29. The van der Waals surface area contributed by atoms with Crippen LogP contribution in [0.4, 0.5) is 4.39 Å². The number of alkyl halides is 1. The molecule has 1 saturated heterocycles. The standard InChI is InChI=1S/C41H61FO10/c1-8-36(6,32(45)51-35(4,5)26-12-10-9-11-13-26)20-37(7,31(44)49-28-25-14-27-29(28)50-33(46)41(27,42)18-25)19-34(2,3)30(43)52-40-17-24-15-38(47,22-40)21-39(48,16-24)23-40/h24-29,47-48H,8-23H2,1-7H3. The van der Waals surface area contributed by atoms with Gasteiger partial charge in [-0.15, -0.1) is 0 Å². The van der Waals surface area contributed by atoms with Gasteiger partial charge in [0.2, 0.25) is 5.67 Å². The molecule has 10 nitrogen and oxygen atoms in total. The van der Waals surface area contributed by atoms with E-state index < -0.39 is 86.3 Å². The molecule has 6 bridgehead atoms. The number of hydrogen-bond acceptors (Lipinski definition) is 10. The number of aliphatic hydroxyl groups is 2. The van der Waals surface area contributed by atoms with Crippen molar-refractivity contribution in [1.82, 2.24) is 0 Å². The van der Waals surface area contributed by atoms with Gasteiger partial charge < -0.3 is 29.2 Å². The van der Waals surface area contributed by atoms with E-state index in [0.29, 0.717) is 32.1 Å². The minimum Gasteiger partial charge on any atom is -0.459 e. The third-order valence-electron chi connectivity index (χ3n) is 14.9. The van der Waals surface area contributed by atoms with Crippen LogP contribution in [0.1, 0.15) is 151 Å². The van der Waals surface area contributed by atoms with E-state index in [1.54, 1.807) is 27.7 Å². The van der Waals surface area contributed by atoms with Crippen LogP contribution in [0.25, 0.3) is 0 Å². The zero-order chi connectivity index (χ0) is 37.9. The second-order valence-electron chi connectivity index (χ2n) is 20.5. The average molecular weight is 733 g/mol. The van der Waals surface area contributed by atoms with Crippen LogP contribution in [0.2, 0.25) is 0 Å². The van der Waals surface area contributed by atoms with E-state index in [1.807, 2.05) is 20.8 Å². The number of hydrogen-bond donors (Lipinski definition) is 2. The van der Waals surface area contributed by atoms with Crippen molar-refractivity contribution in [3.8, 4) is 0 Å². The molecule has 7 aliphatic carbocycles. The summed E-state index contributed by atoms with van der Waals surface area (Å²) < 4.78 is 39.8. The van der Waals surface area contributed by atoms with Gasteiger partial charge >= 0.3 is 23.9 Å². The summed E-state index contributed by atoms with van der Waals surface area (Å²) in [4.78, 5) is 55.6. The van der Waals surface area contributed by atoms with Gasteiger partial charge in [-0.05, 0) is 118 Å². The van der Waals surface area contributed by atoms with E-state index in [4.69, 9.17) is 18.9 Å². The van der Waals surface area contributed by atoms with E-state index in [1.165, 1.54) is 6.42 Å². The minimum atomic E-state index is -2.04. The van der Waals surface area contributed by atoms with Gasteiger partial charge in [-0.2, -0.15) is 0 Å². The van der Waals surface area contributed by atoms with Crippen LogP contribution in [0.15, 0.2) is 0 Å². The Balaban J connectivity index is 1.14. The van der Waals surface area contributed by atoms with Crippen LogP contribution in [-0.2, 0) is 38.1 Å². The summed E-state index contributed by atoms with van der Waals surface area (Å²) >= 11 is 0. The lowest BCUT2D eigenvalue weighted by atomic mass is 9.50. The minimum absolute atomic E-state index is 0.0106. The molecule has 0 aromatic heterocycles. The summed E-state index contributed by atoms with van der Waals surface area (Å²) in [6.45, 7) is 12.7. The number of ether oxygens (including phenoxy) is 4. The van der Waals surface area contributed by atoms with Gasteiger partial charge in [0.05, 0.1) is 27.4 Å². The summed E-state index contributed by atoms with van der Waals surface area (Å²) in [5.74, 6) is -3.25. The Bertz CT molecular complexity index is 1480. The van der Waals surface area contributed by atoms with Crippen molar-refractivity contribution in [2.45, 2.75) is 191 Å². The molecule has 0 amide bonds. The lowest BCUT2D eigenvalue weighted by molar-refractivity contribution is -0.264. The molecule has 52 heavy (non-hydrogen) atoms. The maximum Gasteiger partial charge on any atom is 0.344 e. The first-order valence-corrected chi connectivity index (χ1v) is 20.0. The molecule has 2 N–H and O–H groups in total. The zero-order valence-corrected chi connectivity index (χ0v) is 32.3. The lowest BCUT2D eigenvalue weighted by Gasteiger charge is -2.62. The summed E-state index contributed by atoms with van der Waals surface area (Å²) in [7, 11) is 0. The van der Waals surface area contributed by atoms with Gasteiger partial charge in [0.15, 0.2) is 0 Å². The summed E-state index contributed by atoms with van der Waals surface area (Å²) in [6, 6.07) is 0. The van der Waals surface area contributed by atoms with Crippen LogP contribution in [0, 0.1) is 39.9 Å². The first-order chi connectivity index (χ1) is 24.0. The molecule has 7 saturated carbocycles. The molecule has 1 heterocycles. The molecule has 0 radical (unpaired) electrons. The highest BCUT2D eigenvalue weighted by atomic mass is 19.1. The maximum absolute atomic E-state index is 15.5. The van der Waals surface area contributed by atoms with Gasteiger partial charge in [0.25, 0.3) is 0 Å². The van der Waals surface area contributed by atoms with E-state index in [-0.39, 0.29) is 56.3 Å². The monoisotopic (exact) mass is 732 g/mol. The second kappa shape index (κ2) is 12.1. The molecule has 8 rings (SSSR count). The number of rotatable bonds is 12. The van der Waals surface area contributed by atoms with Gasteiger partial charge in [0, 0.05) is 31.1 Å². The Morgan fingerprint density at radius 3 is 2.08 bits per heavy atom. The Morgan fingerprint density at radius 2 is 1.48 bits per heavy atom. The highest BCUT2D eigenvalue weighted by Gasteiger charge is 2.73. The van der Waals surface area contributed by atoms with E-state index >= 15 is 4.39 Å². The summed E-state index contributed by atoms with van der Waals surface area (Å²) in [6.07, 6.45) is 6.81. The lowest BCUT2D eigenvalue weighted by Crippen LogP contribution is -2.67. The molecule has 8 aliphatic rings. The van der Waals surface area contributed by atoms with E-state index in [2.05, 4.69) is 0 Å². The molecule has 11 heteroatoms. The van der Waals surface area contributed by atoms with Gasteiger partial charge in [-0.3, -0.25) is 14.4 Å². The highest BCUT2D eigenvalue weighted by molar-refractivity contribution is 5.85. The SMILES string of the molecule is CCC(C)(CC(C)(CC(C)(C)C(=O)OC12CC3CC(O)(CC(O)(C3)C1)C2)C(=O)OC1C2CC3C1OC(=O)C3(F)C2)C(=O)OC(C)(C)C1CCCCC1. The number of carbonyl (C=O) groups excluding carboxylic acids is 4. The maximum atomic E-state index is 15.5. The van der Waals surface area contributed by atoms with Crippen LogP contribution < -0.4 is 0 Å². The van der Waals surface area contributed by atoms with Gasteiger partial charge in [-0.1, -0.05) is 26.2 Å². The van der Waals surface area contributed by atoms with Crippen LogP contribution >= 0.6 is 0 Å². The second-order valence-corrected chi connectivity index (χ2v) is 20.5. The first-order valence-electron chi connectivity index (χ1n) is 20.0. The number of fused-ring (bicyclic) bond motifs is 1. The fraction of sp³-hybridized carbons (Fsp3) is 0.902. The molecule has 0 aromatic rings. The normalized spacial score (nSPS) is 41.7. The number of halogens is 1. The Kier molecular flexibility index (Phi) is 8.86. The summed E-state index contributed by atoms with van der Waals surface area (Å²) in [5, 5.41) is 22.6. The fourth-order valence-electron chi connectivity index (χ4n) is 12.7. The van der Waals surface area contributed by atoms with Crippen molar-refractivity contribution in [2.24, 2.45) is 39.9 Å². The molecule has 9 atom stereocenters. The molecule has 292 valence electrons. The molecule has 0 spiro atoms. The van der Waals surface area contributed by atoms with Crippen LogP contribution in [0.5, 0.6) is 0 Å². The van der Waals surface area contributed by atoms with Crippen molar-refractivity contribution < 1.29 is 52.7 Å². The smallest absolute Gasteiger partial charge is 0.344 e. The largest absolute Gasteiger partial charge is 0.459 e. The third-order valence-corrected chi connectivity index (χ3v) is 14.9. The van der Waals surface area contributed by atoms with Crippen LogP contribution in [-0.4, -0.2) is 74.4 Å². The predicted octanol–water partition coefficient (Wildman–Crippen LogP) is 6.44. The Labute approximate surface area is 307 Å². The highest BCUT2D eigenvalue weighted by Crippen LogP contribution is 2.62. The molecule has 0 aromatic carbocycles. The van der Waals surface area contributed by atoms with Gasteiger partial charge in [0.1, 0.15) is 23.4 Å². The zero-order valence-electron chi connectivity index (χ0n) is 32.3. The number of esters is 4. The van der Waals surface area contributed by atoms with E-state index in [9.17, 15) is 29.4 Å². The molecule has 1 aliphatic heterocycles. The molecule has 8 fully saturated rings. The van der Waals surface area contributed by atoms with Gasteiger partial charge in [-0.25, -0.2) is 9.18 Å². The van der Waals surface area contributed by atoms with Crippen molar-refractivity contribution in [3.05, 3.63) is 0 Å². The van der Waals surface area contributed by atoms with Crippen molar-refractivity contribution in [2.75, 3.05) is 0 Å². The average Bonchev–Trinajstić information content (AvgIpc) is 3.59. The summed E-state index contributed by atoms with van der Waals surface area (Å²) in [5.41, 5.74) is -9.74. The molecular weight excluding hydrogens is 671 g/mol. The van der Waals surface area contributed by atoms with Crippen molar-refractivity contribution in [1.29, 1.82) is 0 Å². The van der Waals surface area contributed by atoms with Crippen molar-refractivity contribution in [3.63, 3.8) is 0 Å². The van der Waals surface area contributed by atoms with Crippen LogP contribution in [0.3, 0.4) is 0 Å². The molecule has 9 unspecified atom stereocenters. The topological polar surface area (TPSA) is 146 Å². The van der Waals surface area contributed by atoms with E-state index in [0.717, 1.165) is 25.7 Å². The quantitative estimate of drug-likeness (QED) is 0.170. The molecular formula is C41H61FO10. The fourth-order valence-corrected chi connectivity index (χ4v) is 12.7. The Morgan fingerprint density at radius 1 is 0.846 bits per heavy atom. The van der Waals surface area contributed by atoms with Crippen molar-refractivity contribution >= 4 is 23.9 Å².